The quantitative estimate of drug-likeness (QED) is 0.230. The predicted octanol–water partition coefficient (Wildman–Crippen LogP) is 6.49. The third-order valence-electron chi connectivity index (χ3n) is 7.84. The minimum absolute atomic E-state index is 0. The number of ether oxygens (including phenoxy) is 4. The molecule has 6 rings (SSSR count). The summed E-state index contributed by atoms with van der Waals surface area (Å²) < 4.78 is 22.9. The maximum absolute atomic E-state index is 14.0. The highest BCUT2D eigenvalue weighted by Crippen LogP contribution is 2.39. The fraction of sp³-hybridized carbons (Fsp3) is 0.406. The summed E-state index contributed by atoms with van der Waals surface area (Å²) in [6.07, 6.45) is 2.92. The van der Waals surface area contributed by atoms with Crippen LogP contribution in [0.3, 0.4) is 0 Å². The second-order valence-electron chi connectivity index (χ2n) is 11.0. The van der Waals surface area contributed by atoms with E-state index in [1.54, 1.807) is 0 Å². The Morgan fingerprint density at radius 2 is 1.77 bits per heavy atom. The average Bonchev–Trinajstić information content (AvgIpc) is 3.71. The number of carbonyl (C=O) groups is 1. The molecule has 2 heterocycles. The number of rotatable bonds is 11. The van der Waals surface area contributed by atoms with Gasteiger partial charge in [-0.2, -0.15) is 0 Å². The topological polar surface area (TPSA) is 81.3 Å². The number of para-hydroxylation sites is 1. The minimum Gasteiger partial charge on any atom is -0.490 e. The minimum atomic E-state index is -0.179. The molecular weight excluding hydrogens is 613 g/mol. The number of carbonyl (C=O) groups excluding carboxylic acids is 1. The first-order valence-electron chi connectivity index (χ1n) is 14.4. The molecule has 1 aliphatic carbocycles. The van der Waals surface area contributed by atoms with Gasteiger partial charge in [0, 0.05) is 36.4 Å². The van der Waals surface area contributed by atoms with E-state index in [-0.39, 0.29) is 43.1 Å². The number of hydrogen-bond acceptors (Lipinski definition) is 7. The number of piperidine rings is 1. The lowest BCUT2D eigenvalue weighted by atomic mass is 9.91. The number of halogens is 3. The van der Waals surface area contributed by atoms with Gasteiger partial charge in [-0.25, -0.2) is 0 Å². The molecule has 3 aromatic rings. The molecule has 43 heavy (non-hydrogen) atoms. The molecule has 2 aliphatic heterocycles. The third-order valence-corrected chi connectivity index (χ3v) is 8.40. The van der Waals surface area contributed by atoms with Crippen molar-refractivity contribution < 1.29 is 23.7 Å². The molecule has 3 aromatic carbocycles. The van der Waals surface area contributed by atoms with E-state index in [0.29, 0.717) is 42.1 Å². The van der Waals surface area contributed by atoms with Gasteiger partial charge in [0.2, 0.25) is 12.7 Å². The number of anilines is 1. The van der Waals surface area contributed by atoms with Gasteiger partial charge in [-0.05, 0) is 80.8 Å². The highest BCUT2D eigenvalue weighted by Gasteiger charge is 2.40. The van der Waals surface area contributed by atoms with E-state index in [0.717, 1.165) is 59.9 Å². The smallest absolute Gasteiger partial charge is 0.231 e. The van der Waals surface area contributed by atoms with Crippen LogP contribution in [-0.2, 0) is 11.3 Å². The van der Waals surface area contributed by atoms with Crippen molar-refractivity contribution >= 4 is 47.2 Å². The Morgan fingerprint density at radius 1 is 1.02 bits per heavy atom. The van der Waals surface area contributed by atoms with Gasteiger partial charge in [0.25, 0.3) is 0 Å². The van der Waals surface area contributed by atoms with Gasteiger partial charge in [-0.3, -0.25) is 4.79 Å². The maximum Gasteiger partial charge on any atom is 0.231 e. The number of nitrogens with zero attached hydrogens (tertiary/aromatic N) is 1. The van der Waals surface area contributed by atoms with Crippen LogP contribution in [0.4, 0.5) is 5.69 Å². The molecule has 230 valence electrons. The number of benzene rings is 3. The van der Waals surface area contributed by atoms with Crippen LogP contribution in [-0.4, -0.2) is 56.0 Å². The molecule has 2 N–H and O–H groups in total. The summed E-state index contributed by atoms with van der Waals surface area (Å²) in [7, 11) is 0. The van der Waals surface area contributed by atoms with Gasteiger partial charge in [-0.15, -0.1) is 12.4 Å². The number of aryl methyl sites for hydroxylation is 1. The Morgan fingerprint density at radius 3 is 2.51 bits per heavy atom. The van der Waals surface area contributed by atoms with E-state index in [2.05, 4.69) is 10.6 Å². The first-order valence-corrected chi connectivity index (χ1v) is 15.2. The van der Waals surface area contributed by atoms with Crippen LogP contribution in [0.2, 0.25) is 10.0 Å². The number of amides is 1. The number of fused-ring (bicyclic) bond motifs is 1. The summed E-state index contributed by atoms with van der Waals surface area (Å²) in [5, 5.41) is 8.02. The third kappa shape index (κ3) is 7.55. The van der Waals surface area contributed by atoms with Crippen molar-refractivity contribution in [2.45, 2.75) is 44.8 Å². The molecule has 8 nitrogen and oxygen atoms in total. The summed E-state index contributed by atoms with van der Waals surface area (Å²) in [5.74, 6) is 2.69. The van der Waals surface area contributed by atoms with Crippen molar-refractivity contribution in [1.29, 1.82) is 0 Å². The number of nitrogens with one attached hydrogen (secondary N) is 2. The Labute approximate surface area is 268 Å². The van der Waals surface area contributed by atoms with Gasteiger partial charge in [0.05, 0.1) is 16.0 Å². The van der Waals surface area contributed by atoms with Crippen molar-refractivity contribution in [1.82, 2.24) is 10.2 Å². The molecule has 0 radical (unpaired) electrons. The molecule has 1 amide bonds. The second-order valence-corrected chi connectivity index (χ2v) is 11.8. The van der Waals surface area contributed by atoms with E-state index in [9.17, 15) is 4.79 Å². The molecular formula is C32H36Cl3N3O5. The maximum atomic E-state index is 14.0. The van der Waals surface area contributed by atoms with Crippen LogP contribution < -0.4 is 29.6 Å². The van der Waals surface area contributed by atoms with Crippen LogP contribution in [0.15, 0.2) is 54.6 Å². The second kappa shape index (κ2) is 14.2. The highest BCUT2D eigenvalue weighted by molar-refractivity contribution is 6.37. The summed E-state index contributed by atoms with van der Waals surface area (Å²) in [5.41, 5.74) is 2.92. The fourth-order valence-corrected chi connectivity index (χ4v) is 6.27. The zero-order valence-electron chi connectivity index (χ0n) is 23.9. The van der Waals surface area contributed by atoms with Crippen molar-refractivity contribution in [3.63, 3.8) is 0 Å². The molecule has 3 aliphatic rings. The first kappa shape index (κ1) is 31.4. The Bertz CT molecular complexity index is 1400. The summed E-state index contributed by atoms with van der Waals surface area (Å²) in [6.45, 7) is 4.83. The molecule has 11 heteroatoms. The molecule has 0 spiro atoms. The molecule has 0 bridgehead atoms. The van der Waals surface area contributed by atoms with Gasteiger partial charge < -0.3 is 34.5 Å². The van der Waals surface area contributed by atoms with Gasteiger partial charge in [-0.1, -0.05) is 35.3 Å². The molecule has 2 fully saturated rings. The molecule has 1 saturated carbocycles. The van der Waals surface area contributed by atoms with Gasteiger partial charge in [0.15, 0.2) is 17.2 Å². The number of hydrogen-bond donors (Lipinski definition) is 2. The van der Waals surface area contributed by atoms with Gasteiger partial charge >= 0.3 is 0 Å². The SMILES string of the molecule is Cc1cc(Cl)c(OCCOc2ccc(N[C@H]3CCNCC3C(=O)N(Cc3cccc4c3OCO4)C3CC3)cc2)c(Cl)c1.Cl. The lowest BCUT2D eigenvalue weighted by Gasteiger charge is -2.36. The Balaban J connectivity index is 0.00000368. The van der Waals surface area contributed by atoms with E-state index in [1.165, 1.54) is 0 Å². The monoisotopic (exact) mass is 647 g/mol. The molecule has 0 aromatic heterocycles. The van der Waals surface area contributed by atoms with Gasteiger partial charge in [0.1, 0.15) is 19.0 Å². The van der Waals surface area contributed by atoms with Crippen molar-refractivity contribution in [2.24, 2.45) is 5.92 Å². The van der Waals surface area contributed by atoms with Crippen LogP contribution >= 0.6 is 35.6 Å². The Kier molecular flexibility index (Phi) is 10.3. The average molecular weight is 649 g/mol. The van der Waals surface area contributed by atoms with E-state index in [1.807, 2.05) is 66.4 Å². The van der Waals surface area contributed by atoms with Crippen molar-refractivity contribution in [3.05, 3.63) is 75.8 Å². The molecule has 1 unspecified atom stereocenters. The standard InChI is InChI=1S/C32H35Cl2N3O5.ClH/c1-20-15-26(33)31(27(34)16-20)40-14-13-39-24-9-5-22(6-10-24)36-28-11-12-35-17-25(28)32(38)37(23-7-8-23)18-21-3-2-4-29-30(21)42-19-41-29;/h2-6,9-10,15-16,23,25,28,35-36H,7-8,11-14,17-19H2,1H3;1H/t25?,28-;/m0./s1. The van der Waals surface area contributed by atoms with Crippen LogP contribution in [0.5, 0.6) is 23.0 Å². The summed E-state index contributed by atoms with van der Waals surface area (Å²) >= 11 is 12.5. The van der Waals surface area contributed by atoms with Crippen LogP contribution in [0.1, 0.15) is 30.4 Å². The normalized spacial score (nSPS) is 18.9. The Hall–Kier alpha value is -3.04. The zero-order chi connectivity index (χ0) is 29.1. The van der Waals surface area contributed by atoms with Crippen molar-refractivity contribution in [3.8, 4) is 23.0 Å². The van der Waals surface area contributed by atoms with E-state index in [4.69, 9.17) is 42.1 Å². The van der Waals surface area contributed by atoms with E-state index < -0.39 is 0 Å². The zero-order valence-corrected chi connectivity index (χ0v) is 26.3. The highest BCUT2D eigenvalue weighted by atomic mass is 35.5. The lowest BCUT2D eigenvalue weighted by Crippen LogP contribution is -2.52. The van der Waals surface area contributed by atoms with E-state index >= 15 is 0 Å². The van der Waals surface area contributed by atoms with Crippen LogP contribution in [0.25, 0.3) is 0 Å². The van der Waals surface area contributed by atoms with Crippen molar-refractivity contribution in [2.75, 3.05) is 38.4 Å². The molecule has 1 saturated heterocycles. The van der Waals surface area contributed by atoms with Crippen LogP contribution in [0, 0.1) is 12.8 Å². The predicted molar refractivity (Wildman–Crippen MR) is 170 cm³/mol. The summed E-state index contributed by atoms with van der Waals surface area (Å²) in [6, 6.07) is 17.6. The first-order chi connectivity index (χ1) is 20.5. The largest absolute Gasteiger partial charge is 0.490 e. The lowest BCUT2D eigenvalue weighted by molar-refractivity contribution is -0.137. The fourth-order valence-electron chi connectivity index (χ4n) is 5.56. The molecule has 2 atom stereocenters. The summed E-state index contributed by atoms with van der Waals surface area (Å²) in [4.78, 5) is 16.0.